The third-order valence-corrected chi connectivity index (χ3v) is 3.35. The molecule has 0 aromatic heterocycles. The molecule has 0 aliphatic carbocycles. The number of nitrogens with zero attached hydrogens (tertiary/aromatic N) is 1. The van der Waals surface area contributed by atoms with Gasteiger partial charge in [-0.05, 0) is 38.2 Å². The number of benzene rings is 1. The molecule has 0 fully saturated rings. The molecule has 2 nitrogen and oxygen atoms in total. The molecule has 0 aliphatic heterocycles. The maximum absolute atomic E-state index is 12.2. The van der Waals surface area contributed by atoms with E-state index in [-0.39, 0.29) is 11.7 Å². The van der Waals surface area contributed by atoms with E-state index in [4.69, 9.17) is 23.2 Å². The smallest absolute Gasteiger partial charge is 0.154 e. The topological polar surface area (TPSA) is 20.3 Å². The quantitative estimate of drug-likeness (QED) is 0.742. The van der Waals surface area contributed by atoms with Crippen LogP contribution in [0.2, 0.25) is 10.0 Å². The fraction of sp³-hybridized carbons (Fsp3) is 0.357. The average Bonchev–Trinajstić information content (AvgIpc) is 2.29. The van der Waals surface area contributed by atoms with Gasteiger partial charge in [-0.3, -0.25) is 4.79 Å². The highest BCUT2D eigenvalue weighted by atomic mass is 35.5. The minimum Gasteiger partial charge on any atom is -0.302 e. The molecular weight excluding hydrogens is 269 g/mol. The number of Topliss-reactive ketones (excluding diaryl/α,β-unsaturated/α-hetero) is 1. The Labute approximate surface area is 118 Å². The lowest BCUT2D eigenvalue weighted by molar-refractivity contribution is -0.121. The van der Waals surface area contributed by atoms with Crippen molar-refractivity contribution in [2.75, 3.05) is 20.6 Å². The minimum absolute atomic E-state index is 0.151. The monoisotopic (exact) mass is 285 g/mol. The van der Waals surface area contributed by atoms with Crippen molar-refractivity contribution in [3.8, 4) is 0 Å². The highest BCUT2D eigenvalue weighted by Crippen LogP contribution is 2.29. The molecule has 1 aromatic carbocycles. The van der Waals surface area contributed by atoms with Gasteiger partial charge in [0.2, 0.25) is 0 Å². The average molecular weight is 286 g/mol. The lowest BCUT2D eigenvalue weighted by Crippen LogP contribution is -2.26. The van der Waals surface area contributed by atoms with Gasteiger partial charge >= 0.3 is 0 Å². The van der Waals surface area contributed by atoms with Crippen molar-refractivity contribution in [2.45, 2.75) is 12.3 Å². The van der Waals surface area contributed by atoms with Crippen molar-refractivity contribution in [1.29, 1.82) is 0 Å². The Bertz CT molecular complexity index is 443. The van der Waals surface area contributed by atoms with Crippen LogP contribution in [0, 0.1) is 0 Å². The molecule has 0 saturated heterocycles. The Balaban J connectivity index is 2.99. The summed E-state index contributed by atoms with van der Waals surface area (Å²) in [6.07, 6.45) is 2.35. The molecule has 0 unspecified atom stereocenters. The van der Waals surface area contributed by atoms with Crippen LogP contribution < -0.4 is 0 Å². The maximum atomic E-state index is 12.2. The zero-order chi connectivity index (χ0) is 13.7. The van der Waals surface area contributed by atoms with Crippen LogP contribution in [0.5, 0.6) is 0 Å². The Kier molecular flexibility index (Phi) is 5.86. The predicted molar refractivity (Wildman–Crippen MR) is 77.6 cm³/mol. The van der Waals surface area contributed by atoms with E-state index < -0.39 is 0 Å². The lowest BCUT2D eigenvalue weighted by atomic mass is 9.91. The summed E-state index contributed by atoms with van der Waals surface area (Å²) in [6, 6.07) is 5.32. The Morgan fingerprint density at radius 3 is 2.56 bits per heavy atom. The van der Waals surface area contributed by atoms with E-state index >= 15 is 0 Å². The van der Waals surface area contributed by atoms with Gasteiger partial charge in [0, 0.05) is 5.92 Å². The molecule has 1 aromatic rings. The number of carbonyl (C=O) groups is 1. The van der Waals surface area contributed by atoms with Crippen LogP contribution in [0.25, 0.3) is 0 Å². The van der Waals surface area contributed by atoms with Gasteiger partial charge in [-0.25, -0.2) is 0 Å². The summed E-state index contributed by atoms with van der Waals surface area (Å²) in [5.41, 5.74) is 0.885. The molecular formula is C14H17Cl2NO. The molecule has 0 saturated carbocycles. The standard InChI is InChI=1S/C14H17Cl2NO/c1-4-5-11(14(18)9-17(2)3)10-6-7-12(15)13(16)8-10/h4,6-8,11H,1,5,9H2,2-3H3/t11-/m1/s1. The SMILES string of the molecule is C=CC[C@@H](C(=O)CN(C)C)c1ccc(Cl)c(Cl)c1. The number of rotatable bonds is 6. The summed E-state index contributed by atoms with van der Waals surface area (Å²) in [6.45, 7) is 4.10. The first-order chi connectivity index (χ1) is 8.45. The van der Waals surface area contributed by atoms with E-state index in [9.17, 15) is 4.79 Å². The van der Waals surface area contributed by atoms with Crippen LogP contribution in [0.3, 0.4) is 0 Å². The summed E-state index contributed by atoms with van der Waals surface area (Å²) in [5.74, 6) is -0.0574. The number of halogens is 2. The first-order valence-electron chi connectivity index (χ1n) is 5.69. The molecule has 1 atom stereocenters. The fourth-order valence-electron chi connectivity index (χ4n) is 1.77. The number of allylic oxidation sites excluding steroid dienone is 1. The van der Waals surface area contributed by atoms with Gasteiger partial charge in [0.05, 0.1) is 16.6 Å². The van der Waals surface area contributed by atoms with Crippen molar-refractivity contribution < 1.29 is 4.79 Å². The van der Waals surface area contributed by atoms with Gasteiger partial charge in [0.15, 0.2) is 5.78 Å². The first-order valence-corrected chi connectivity index (χ1v) is 6.44. The van der Waals surface area contributed by atoms with Crippen molar-refractivity contribution >= 4 is 29.0 Å². The zero-order valence-electron chi connectivity index (χ0n) is 10.6. The summed E-state index contributed by atoms with van der Waals surface area (Å²) < 4.78 is 0. The summed E-state index contributed by atoms with van der Waals surface area (Å²) in [5, 5.41) is 0.971. The van der Waals surface area contributed by atoms with Gasteiger partial charge in [-0.2, -0.15) is 0 Å². The van der Waals surface area contributed by atoms with Crippen molar-refractivity contribution in [3.05, 3.63) is 46.5 Å². The second kappa shape index (κ2) is 6.93. The molecule has 0 bridgehead atoms. The normalized spacial score (nSPS) is 12.5. The summed E-state index contributed by atoms with van der Waals surface area (Å²) in [4.78, 5) is 14.0. The lowest BCUT2D eigenvalue weighted by Gasteiger charge is -2.17. The minimum atomic E-state index is -0.209. The highest BCUT2D eigenvalue weighted by Gasteiger charge is 2.20. The predicted octanol–water partition coefficient (Wildman–Crippen LogP) is 3.78. The largest absolute Gasteiger partial charge is 0.302 e. The summed E-state index contributed by atoms with van der Waals surface area (Å²) in [7, 11) is 3.75. The van der Waals surface area contributed by atoms with E-state index in [1.807, 2.05) is 25.1 Å². The highest BCUT2D eigenvalue weighted by molar-refractivity contribution is 6.42. The maximum Gasteiger partial charge on any atom is 0.154 e. The molecule has 0 radical (unpaired) electrons. The first kappa shape index (κ1) is 15.2. The number of hydrogen-bond acceptors (Lipinski definition) is 2. The van der Waals surface area contributed by atoms with E-state index in [0.717, 1.165) is 5.56 Å². The number of hydrogen-bond donors (Lipinski definition) is 0. The number of carbonyl (C=O) groups excluding carboxylic acids is 1. The zero-order valence-corrected chi connectivity index (χ0v) is 12.1. The third-order valence-electron chi connectivity index (χ3n) is 2.61. The molecule has 4 heteroatoms. The molecule has 0 amide bonds. The van der Waals surface area contributed by atoms with E-state index in [1.165, 1.54) is 0 Å². The molecule has 0 aliphatic rings. The Hall–Kier alpha value is -0.830. The Morgan fingerprint density at radius 2 is 2.06 bits per heavy atom. The van der Waals surface area contributed by atoms with Gasteiger partial charge < -0.3 is 4.90 Å². The van der Waals surface area contributed by atoms with Crippen molar-refractivity contribution in [2.24, 2.45) is 0 Å². The van der Waals surface area contributed by atoms with E-state index in [1.54, 1.807) is 18.2 Å². The Morgan fingerprint density at radius 1 is 1.39 bits per heavy atom. The van der Waals surface area contributed by atoms with Gasteiger partial charge in [0.25, 0.3) is 0 Å². The van der Waals surface area contributed by atoms with Crippen LogP contribution >= 0.6 is 23.2 Å². The van der Waals surface area contributed by atoms with E-state index in [2.05, 4.69) is 6.58 Å². The summed E-state index contributed by atoms with van der Waals surface area (Å²) >= 11 is 11.9. The van der Waals surface area contributed by atoms with Crippen LogP contribution in [-0.4, -0.2) is 31.3 Å². The molecule has 18 heavy (non-hydrogen) atoms. The van der Waals surface area contributed by atoms with Crippen LogP contribution in [0.4, 0.5) is 0 Å². The van der Waals surface area contributed by atoms with Gasteiger partial charge in [-0.1, -0.05) is 35.3 Å². The number of ketones is 1. The van der Waals surface area contributed by atoms with Crippen molar-refractivity contribution in [1.82, 2.24) is 4.90 Å². The third kappa shape index (κ3) is 4.13. The fourth-order valence-corrected chi connectivity index (χ4v) is 2.08. The van der Waals surface area contributed by atoms with Gasteiger partial charge in [-0.15, -0.1) is 6.58 Å². The molecule has 1 rings (SSSR count). The van der Waals surface area contributed by atoms with Crippen molar-refractivity contribution in [3.63, 3.8) is 0 Å². The molecule has 0 N–H and O–H groups in total. The second-order valence-corrected chi connectivity index (χ2v) is 5.27. The number of likely N-dealkylation sites (N-methyl/N-ethyl adjacent to an activating group) is 1. The molecule has 0 spiro atoms. The van der Waals surface area contributed by atoms with Crippen LogP contribution in [-0.2, 0) is 4.79 Å². The molecule has 0 heterocycles. The van der Waals surface area contributed by atoms with Crippen LogP contribution in [0.15, 0.2) is 30.9 Å². The second-order valence-electron chi connectivity index (χ2n) is 4.45. The van der Waals surface area contributed by atoms with Crippen LogP contribution in [0.1, 0.15) is 17.9 Å². The van der Waals surface area contributed by atoms with E-state index in [0.29, 0.717) is 23.0 Å². The van der Waals surface area contributed by atoms with Gasteiger partial charge in [0.1, 0.15) is 0 Å². The molecule has 98 valence electrons.